The standard InChI is InChI=1S/C35H36ClNO3S/c1-34(2,39)31-9-4-3-7-26(31)13-17-33(41-23-35(18-19-35)22-40-24-38)28-8-5-6-25(20-28)10-15-30-16-12-27-11-14-29(36)21-32(27)37-30/h3-12,14-16,20-21,24,33,39H,13,17-19,22-23H2,1-2H3/t33-/m1/s1. The highest BCUT2D eigenvalue weighted by molar-refractivity contribution is 7.99. The van der Waals surface area contributed by atoms with Crippen molar-refractivity contribution < 1.29 is 14.6 Å². The van der Waals surface area contributed by atoms with Gasteiger partial charge in [0.1, 0.15) is 0 Å². The Bertz CT molecular complexity index is 1540. The number of aromatic nitrogens is 1. The van der Waals surface area contributed by atoms with Crippen molar-refractivity contribution in [1.82, 2.24) is 4.98 Å². The summed E-state index contributed by atoms with van der Waals surface area (Å²) in [6.45, 7) is 4.74. The minimum atomic E-state index is -0.893. The van der Waals surface area contributed by atoms with Gasteiger partial charge in [0.05, 0.1) is 23.4 Å². The number of thioether (sulfide) groups is 1. The number of nitrogens with zero attached hydrogens (tertiary/aromatic N) is 1. The molecular weight excluding hydrogens is 550 g/mol. The van der Waals surface area contributed by atoms with Crippen molar-refractivity contribution in [3.63, 3.8) is 0 Å². The van der Waals surface area contributed by atoms with E-state index in [0.717, 1.165) is 59.2 Å². The fourth-order valence-electron chi connectivity index (χ4n) is 5.21. The van der Waals surface area contributed by atoms with E-state index in [0.29, 0.717) is 18.1 Å². The Kier molecular flexibility index (Phi) is 9.18. The third kappa shape index (κ3) is 7.79. The van der Waals surface area contributed by atoms with Gasteiger partial charge in [0.25, 0.3) is 6.47 Å². The van der Waals surface area contributed by atoms with Crippen LogP contribution in [0.15, 0.2) is 78.9 Å². The Labute approximate surface area is 251 Å². The first-order valence-corrected chi connectivity index (χ1v) is 15.5. The number of pyridine rings is 1. The van der Waals surface area contributed by atoms with Crippen molar-refractivity contribution in [2.75, 3.05) is 12.4 Å². The van der Waals surface area contributed by atoms with Crippen molar-refractivity contribution >= 4 is 52.9 Å². The second-order valence-electron chi connectivity index (χ2n) is 11.5. The molecule has 1 atom stereocenters. The Morgan fingerprint density at radius 3 is 2.63 bits per heavy atom. The number of benzene rings is 3. The number of halogens is 1. The fourth-order valence-corrected chi connectivity index (χ4v) is 6.92. The highest BCUT2D eigenvalue weighted by atomic mass is 35.5. The van der Waals surface area contributed by atoms with Gasteiger partial charge in [-0.05, 0) is 86.1 Å². The van der Waals surface area contributed by atoms with Crippen LogP contribution in [0.5, 0.6) is 0 Å². The second kappa shape index (κ2) is 12.8. The van der Waals surface area contributed by atoms with Crippen molar-refractivity contribution in [2.24, 2.45) is 5.41 Å². The number of carbonyl (C=O) groups excluding carboxylic acids is 1. The summed E-state index contributed by atoms with van der Waals surface area (Å²) in [4.78, 5) is 15.6. The molecule has 41 heavy (non-hydrogen) atoms. The van der Waals surface area contributed by atoms with E-state index in [2.05, 4.69) is 42.5 Å². The van der Waals surface area contributed by atoms with Gasteiger partial charge in [0.15, 0.2) is 0 Å². The molecule has 0 spiro atoms. The maximum absolute atomic E-state index is 10.8. The predicted octanol–water partition coefficient (Wildman–Crippen LogP) is 8.65. The summed E-state index contributed by atoms with van der Waals surface area (Å²) in [5.41, 5.74) is 5.49. The first kappa shape index (κ1) is 29.4. The van der Waals surface area contributed by atoms with E-state index in [9.17, 15) is 9.90 Å². The highest BCUT2D eigenvalue weighted by Gasteiger charge is 2.43. The van der Waals surface area contributed by atoms with Crippen LogP contribution in [-0.2, 0) is 21.6 Å². The van der Waals surface area contributed by atoms with Crippen LogP contribution in [0.2, 0.25) is 5.02 Å². The van der Waals surface area contributed by atoms with E-state index < -0.39 is 5.60 Å². The van der Waals surface area contributed by atoms with Gasteiger partial charge in [-0.3, -0.25) is 4.79 Å². The molecule has 1 aliphatic carbocycles. The number of rotatable bonds is 13. The highest BCUT2D eigenvalue weighted by Crippen LogP contribution is 2.51. The molecule has 0 bridgehead atoms. The number of aryl methyl sites for hydroxylation is 1. The summed E-state index contributed by atoms with van der Waals surface area (Å²) < 4.78 is 5.16. The SMILES string of the molecule is CC(C)(O)c1ccccc1CC[C@@H](SCC1(COC=O)CC1)c1cccc(C=Cc2ccc3ccc(Cl)cc3n2)c1. The molecule has 0 amide bonds. The molecule has 1 heterocycles. The second-order valence-corrected chi connectivity index (χ2v) is 13.2. The molecule has 1 fully saturated rings. The summed E-state index contributed by atoms with van der Waals surface area (Å²) in [7, 11) is 0. The van der Waals surface area contributed by atoms with E-state index in [-0.39, 0.29) is 10.7 Å². The molecule has 1 aliphatic rings. The minimum Gasteiger partial charge on any atom is -0.467 e. The Balaban J connectivity index is 1.36. The van der Waals surface area contributed by atoms with Crippen molar-refractivity contribution in [1.29, 1.82) is 0 Å². The number of ether oxygens (including phenoxy) is 1. The van der Waals surface area contributed by atoms with E-state index in [4.69, 9.17) is 21.3 Å². The molecule has 0 saturated heterocycles. The van der Waals surface area contributed by atoms with Gasteiger partial charge < -0.3 is 9.84 Å². The smallest absolute Gasteiger partial charge is 0.293 e. The largest absolute Gasteiger partial charge is 0.467 e. The van der Waals surface area contributed by atoms with Crippen LogP contribution >= 0.6 is 23.4 Å². The van der Waals surface area contributed by atoms with Gasteiger partial charge in [0.2, 0.25) is 0 Å². The predicted molar refractivity (Wildman–Crippen MR) is 171 cm³/mol. The minimum absolute atomic E-state index is 0.0942. The third-order valence-electron chi connectivity index (χ3n) is 7.76. The summed E-state index contributed by atoms with van der Waals surface area (Å²) in [6.07, 6.45) is 8.12. The van der Waals surface area contributed by atoms with E-state index >= 15 is 0 Å². The maximum atomic E-state index is 10.8. The van der Waals surface area contributed by atoms with Crippen LogP contribution in [-0.4, -0.2) is 28.9 Å². The topological polar surface area (TPSA) is 59.4 Å². The summed E-state index contributed by atoms with van der Waals surface area (Å²) >= 11 is 8.12. The summed E-state index contributed by atoms with van der Waals surface area (Å²) in [5, 5.41) is 12.7. The molecular formula is C35H36ClNO3S. The van der Waals surface area contributed by atoms with Gasteiger partial charge in [-0.1, -0.05) is 78.3 Å². The van der Waals surface area contributed by atoms with Crippen molar-refractivity contribution in [3.05, 3.63) is 112 Å². The van der Waals surface area contributed by atoms with Crippen LogP contribution in [0.4, 0.5) is 0 Å². The number of fused-ring (bicyclic) bond motifs is 1. The normalized spacial score (nSPS) is 15.2. The third-order valence-corrected chi connectivity index (χ3v) is 9.69. The zero-order valence-electron chi connectivity index (χ0n) is 23.6. The van der Waals surface area contributed by atoms with Gasteiger partial charge in [-0.25, -0.2) is 4.98 Å². The summed E-state index contributed by atoms with van der Waals surface area (Å²) in [6, 6.07) is 26.7. The fraction of sp³-hybridized carbons (Fsp3) is 0.314. The molecule has 5 rings (SSSR count). The van der Waals surface area contributed by atoms with E-state index in [1.165, 1.54) is 11.1 Å². The molecule has 0 unspecified atom stereocenters. The number of hydrogen-bond donors (Lipinski definition) is 1. The summed E-state index contributed by atoms with van der Waals surface area (Å²) in [5.74, 6) is 0.947. The lowest BCUT2D eigenvalue weighted by Gasteiger charge is -2.24. The molecule has 1 N–H and O–H groups in total. The van der Waals surface area contributed by atoms with E-state index in [1.54, 1.807) is 0 Å². The number of hydrogen-bond acceptors (Lipinski definition) is 5. The van der Waals surface area contributed by atoms with Crippen molar-refractivity contribution in [3.8, 4) is 0 Å². The van der Waals surface area contributed by atoms with Crippen LogP contribution < -0.4 is 0 Å². The Hall–Kier alpha value is -3.12. The van der Waals surface area contributed by atoms with Gasteiger partial charge >= 0.3 is 0 Å². The average molecular weight is 586 g/mol. The van der Waals surface area contributed by atoms with Gasteiger partial charge in [-0.15, -0.1) is 0 Å². The number of carbonyl (C=O) groups is 1. The van der Waals surface area contributed by atoms with Crippen LogP contribution in [0, 0.1) is 5.41 Å². The Morgan fingerprint density at radius 2 is 1.85 bits per heavy atom. The molecule has 1 aromatic heterocycles. The molecule has 3 aromatic carbocycles. The quantitative estimate of drug-likeness (QED) is 0.159. The van der Waals surface area contributed by atoms with E-state index in [1.807, 2.05) is 74.1 Å². The first-order chi connectivity index (χ1) is 19.7. The average Bonchev–Trinajstić information content (AvgIpc) is 3.74. The zero-order chi connectivity index (χ0) is 28.9. The van der Waals surface area contributed by atoms with Gasteiger partial charge in [-0.2, -0.15) is 11.8 Å². The molecule has 212 valence electrons. The molecule has 0 aliphatic heterocycles. The lowest BCUT2D eigenvalue weighted by atomic mass is 9.90. The molecule has 1 saturated carbocycles. The van der Waals surface area contributed by atoms with Crippen LogP contribution in [0.1, 0.15) is 66.3 Å². The zero-order valence-corrected chi connectivity index (χ0v) is 25.1. The lowest BCUT2D eigenvalue weighted by molar-refractivity contribution is -0.130. The molecule has 6 heteroatoms. The monoisotopic (exact) mass is 585 g/mol. The van der Waals surface area contributed by atoms with Crippen LogP contribution in [0.25, 0.3) is 23.1 Å². The molecule has 4 nitrogen and oxygen atoms in total. The number of aliphatic hydroxyl groups is 1. The lowest BCUT2D eigenvalue weighted by Crippen LogP contribution is -2.18. The maximum Gasteiger partial charge on any atom is 0.293 e. The molecule has 4 aromatic rings. The first-order valence-electron chi connectivity index (χ1n) is 14.1. The van der Waals surface area contributed by atoms with Crippen LogP contribution in [0.3, 0.4) is 0 Å². The Morgan fingerprint density at radius 1 is 1.05 bits per heavy atom. The van der Waals surface area contributed by atoms with Crippen molar-refractivity contribution in [2.45, 2.75) is 50.4 Å². The van der Waals surface area contributed by atoms with Gasteiger partial charge in [0, 0.05) is 26.8 Å². The molecule has 0 radical (unpaired) electrons.